The average molecular weight is 298 g/mol. The topological polar surface area (TPSA) is 35.2 Å². The van der Waals surface area contributed by atoms with E-state index in [0.717, 1.165) is 11.3 Å². The normalized spacial score (nSPS) is 12.3. The summed E-state index contributed by atoms with van der Waals surface area (Å²) in [5, 5.41) is 3.06. The second-order valence-corrected chi connectivity index (χ2v) is 5.42. The number of rotatable bonds is 4. The first-order chi connectivity index (χ1) is 10.2. The van der Waals surface area contributed by atoms with Crippen LogP contribution in [0.25, 0.3) is 10.8 Å². The Balaban J connectivity index is 1.73. The van der Waals surface area contributed by atoms with Crippen molar-refractivity contribution in [3.63, 3.8) is 0 Å². The highest BCUT2D eigenvalue weighted by atomic mass is 35.5. The van der Waals surface area contributed by atoms with Crippen molar-refractivity contribution in [1.82, 2.24) is 0 Å². The molecule has 0 aliphatic heterocycles. The molecule has 3 aromatic carbocycles. The molecule has 0 bridgehead atoms. The fraction of sp³-hybridized carbons (Fsp3) is 0.111. The van der Waals surface area contributed by atoms with Gasteiger partial charge in [-0.15, -0.1) is 0 Å². The van der Waals surface area contributed by atoms with E-state index < -0.39 is 0 Å². The van der Waals surface area contributed by atoms with Gasteiger partial charge in [0.05, 0.1) is 6.04 Å². The molecule has 0 fully saturated rings. The van der Waals surface area contributed by atoms with Crippen molar-refractivity contribution in [2.24, 2.45) is 5.73 Å². The van der Waals surface area contributed by atoms with E-state index in [1.807, 2.05) is 36.4 Å². The van der Waals surface area contributed by atoms with Gasteiger partial charge in [-0.3, -0.25) is 0 Å². The van der Waals surface area contributed by atoms with Crippen molar-refractivity contribution in [3.05, 3.63) is 77.3 Å². The minimum Gasteiger partial charge on any atom is -0.492 e. The quantitative estimate of drug-likeness (QED) is 0.765. The largest absolute Gasteiger partial charge is 0.492 e. The molecule has 3 aromatic rings. The van der Waals surface area contributed by atoms with Crippen LogP contribution in [0.5, 0.6) is 5.75 Å². The predicted molar refractivity (Wildman–Crippen MR) is 87.8 cm³/mol. The fourth-order valence-electron chi connectivity index (χ4n) is 2.28. The molecule has 0 amide bonds. The van der Waals surface area contributed by atoms with E-state index in [2.05, 4.69) is 24.3 Å². The standard InChI is InChI=1S/C18H16ClNO/c19-16-6-3-7-17(11-16)21-12-18(20)15-9-8-13-4-1-2-5-14(13)10-15/h1-11,18H,12,20H2. The van der Waals surface area contributed by atoms with Crippen LogP contribution in [0.4, 0.5) is 0 Å². The third kappa shape index (κ3) is 3.35. The maximum atomic E-state index is 6.21. The Morgan fingerprint density at radius 2 is 1.71 bits per heavy atom. The van der Waals surface area contributed by atoms with Crippen molar-refractivity contribution in [2.45, 2.75) is 6.04 Å². The average Bonchev–Trinajstić information content (AvgIpc) is 2.52. The molecule has 0 heterocycles. The van der Waals surface area contributed by atoms with E-state index in [1.165, 1.54) is 10.8 Å². The van der Waals surface area contributed by atoms with E-state index in [9.17, 15) is 0 Å². The molecule has 1 unspecified atom stereocenters. The second-order valence-electron chi connectivity index (χ2n) is 4.98. The highest BCUT2D eigenvalue weighted by Gasteiger charge is 2.08. The van der Waals surface area contributed by atoms with Gasteiger partial charge in [-0.1, -0.05) is 54.1 Å². The van der Waals surface area contributed by atoms with Crippen LogP contribution >= 0.6 is 11.6 Å². The first kappa shape index (κ1) is 13.9. The third-order valence-electron chi connectivity index (χ3n) is 3.43. The lowest BCUT2D eigenvalue weighted by atomic mass is 10.0. The van der Waals surface area contributed by atoms with Gasteiger partial charge in [-0.25, -0.2) is 0 Å². The molecule has 3 heteroatoms. The summed E-state index contributed by atoms with van der Waals surface area (Å²) in [6.45, 7) is 0.415. The lowest BCUT2D eigenvalue weighted by molar-refractivity contribution is 0.291. The summed E-state index contributed by atoms with van der Waals surface area (Å²) >= 11 is 5.93. The van der Waals surface area contributed by atoms with E-state index in [4.69, 9.17) is 22.1 Å². The first-order valence-electron chi connectivity index (χ1n) is 6.85. The number of fused-ring (bicyclic) bond motifs is 1. The van der Waals surface area contributed by atoms with Crippen LogP contribution in [-0.2, 0) is 0 Å². The monoisotopic (exact) mass is 297 g/mol. The Kier molecular flexibility index (Phi) is 4.09. The van der Waals surface area contributed by atoms with Crippen LogP contribution in [0.2, 0.25) is 5.02 Å². The van der Waals surface area contributed by atoms with Gasteiger partial charge in [0.1, 0.15) is 12.4 Å². The minimum atomic E-state index is -0.173. The second kappa shape index (κ2) is 6.17. The maximum absolute atomic E-state index is 6.21. The molecule has 0 aliphatic carbocycles. The molecule has 0 aliphatic rings. The molecule has 0 aromatic heterocycles. The Morgan fingerprint density at radius 1 is 0.905 bits per heavy atom. The molecule has 0 saturated heterocycles. The predicted octanol–water partition coefficient (Wildman–Crippen LogP) is 4.57. The molecular weight excluding hydrogens is 282 g/mol. The summed E-state index contributed by atoms with van der Waals surface area (Å²) < 4.78 is 5.71. The lowest BCUT2D eigenvalue weighted by Crippen LogP contribution is -2.18. The smallest absolute Gasteiger partial charge is 0.120 e. The number of halogens is 1. The van der Waals surface area contributed by atoms with Crippen molar-refractivity contribution < 1.29 is 4.74 Å². The molecule has 106 valence electrons. The molecule has 2 nitrogen and oxygen atoms in total. The van der Waals surface area contributed by atoms with Gasteiger partial charge in [0.2, 0.25) is 0 Å². The molecule has 2 N–H and O–H groups in total. The van der Waals surface area contributed by atoms with Gasteiger partial charge < -0.3 is 10.5 Å². The van der Waals surface area contributed by atoms with Crippen LogP contribution in [0.3, 0.4) is 0 Å². The van der Waals surface area contributed by atoms with E-state index >= 15 is 0 Å². The van der Waals surface area contributed by atoms with Gasteiger partial charge in [0, 0.05) is 5.02 Å². The van der Waals surface area contributed by atoms with Crippen LogP contribution in [0.1, 0.15) is 11.6 Å². The van der Waals surface area contributed by atoms with Crippen molar-refractivity contribution in [2.75, 3.05) is 6.61 Å². The number of hydrogen-bond acceptors (Lipinski definition) is 2. The van der Waals surface area contributed by atoms with Crippen LogP contribution in [0, 0.1) is 0 Å². The summed E-state index contributed by atoms with van der Waals surface area (Å²) in [4.78, 5) is 0. The molecule has 0 spiro atoms. The van der Waals surface area contributed by atoms with Crippen LogP contribution < -0.4 is 10.5 Å². The summed E-state index contributed by atoms with van der Waals surface area (Å²) in [6, 6.07) is 21.7. The van der Waals surface area contributed by atoms with E-state index in [1.54, 1.807) is 6.07 Å². The minimum absolute atomic E-state index is 0.173. The highest BCUT2D eigenvalue weighted by molar-refractivity contribution is 6.30. The van der Waals surface area contributed by atoms with Gasteiger partial charge in [-0.05, 0) is 40.6 Å². The summed E-state index contributed by atoms with van der Waals surface area (Å²) in [6.07, 6.45) is 0. The van der Waals surface area contributed by atoms with Crippen molar-refractivity contribution >= 4 is 22.4 Å². The van der Waals surface area contributed by atoms with E-state index in [-0.39, 0.29) is 6.04 Å². The molecule has 0 saturated carbocycles. The third-order valence-corrected chi connectivity index (χ3v) is 3.66. The van der Waals surface area contributed by atoms with Gasteiger partial charge in [-0.2, -0.15) is 0 Å². The summed E-state index contributed by atoms with van der Waals surface area (Å²) in [5.41, 5.74) is 7.28. The molecule has 3 rings (SSSR count). The number of benzene rings is 3. The Bertz CT molecular complexity index is 757. The van der Waals surface area contributed by atoms with E-state index in [0.29, 0.717) is 11.6 Å². The number of nitrogens with two attached hydrogens (primary N) is 1. The molecule has 21 heavy (non-hydrogen) atoms. The van der Waals surface area contributed by atoms with Crippen LogP contribution in [-0.4, -0.2) is 6.61 Å². The van der Waals surface area contributed by atoms with Crippen molar-refractivity contribution in [3.8, 4) is 5.75 Å². The lowest BCUT2D eigenvalue weighted by Gasteiger charge is -2.14. The SMILES string of the molecule is NC(COc1cccc(Cl)c1)c1ccc2ccccc2c1. The highest BCUT2D eigenvalue weighted by Crippen LogP contribution is 2.21. The number of ether oxygens (including phenoxy) is 1. The Hall–Kier alpha value is -2.03. The first-order valence-corrected chi connectivity index (χ1v) is 7.23. The number of hydrogen-bond donors (Lipinski definition) is 1. The zero-order valence-corrected chi connectivity index (χ0v) is 12.3. The molecule has 1 atom stereocenters. The fourth-order valence-corrected chi connectivity index (χ4v) is 2.46. The Morgan fingerprint density at radius 3 is 2.52 bits per heavy atom. The van der Waals surface area contributed by atoms with Gasteiger partial charge in [0.25, 0.3) is 0 Å². The zero-order valence-electron chi connectivity index (χ0n) is 11.5. The molecular formula is C18H16ClNO. The van der Waals surface area contributed by atoms with Gasteiger partial charge >= 0.3 is 0 Å². The van der Waals surface area contributed by atoms with Crippen molar-refractivity contribution in [1.29, 1.82) is 0 Å². The Labute approximate surface area is 129 Å². The van der Waals surface area contributed by atoms with Gasteiger partial charge in [0.15, 0.2) is 0 Å². The van der Waals surface area contributed by atoms with Crippen LogP contribution in [0.15, 0.2) is 66.7 Å². The zero-order chi connectivity index (χ0) is 14.7. The molecule has 0 radical (unpaired) electrons. The summed E-state index contributed by atoms with van der Waals surface area (Å²) in [7, 11) is 0. The summed E-state index contributed by atoms with van der Waals surface area (Å²) in [5.74, 6) is 0.735. The maximum Gasteiger partial charge on any atom is 0.120 e.